The molecule has 2 aromatic carbocycles. The Balaban J connectivity index is 1.71. The molecule has 5 nitrogen and oxygen atoms in total. The number of thiazole rings is 1. The number of carbonyl (C=O) groups excluding carboxylic acids is 1. The summed E-state index contributed by atoms with van der Waals surface area (Å²) in [5.41, 5.74) is 1.12. The van der Waals surface area contributed by atoms with Crippen LogP contribution in [0.3, 0.4) is 0 Å². The van der Waals surface area contributed by atoms with E-state index < -0.39 is 12.3 Å². The molecule has 0 saturated carbocycles. The van der Waals surface area contributed by atoms with Crippen LogP contribution in [0.4, 0.5) is 13.2 Å². The summed E-state index contributed by atoms with van der Waals surface area (Å²) in [6, 6.07) is 12.9. The molecule has 0 bridgehead atoms. The predicted molar refractivity (Wildman–Crippen MR) is 98.4 cm³/mol. The zero-order chi connectivity index (χ0) is 20.1. The molecular weight excluding hydrogens is 393 g/mol. The minimum Gasteiger partial charge on any atom is -0.496 e. The molecule has 0 aliphatic rings. The summed E-state index contributed by atoms with van der Waals surface area (Å²) in [6.07, 6.45) is -4.81. The second kappa shape index (κ2) is 8.30. The van der Waals surface area contributed by atoms with Crippen LogP contribution in [0.15, 0.2) is 53.9 Å². The van der Waals surface area contributed by atoms with E-state index in [1.165, 1.54) is 29.5 Å². The number of aromatic nitrogens is 1. The van der Waals surface area contributed by atoms with Gasteiger partial charge in [0.2, 0.25) is 0 Å². The summed E-state index contributed by atoms with van der Waals surface area (Å²) in [7, 11) is 1.54. The first-order valence-corrected chi connectivity index (χ1v) is 8.96. The Bertz CT molecular complexity index is 973. The fourth-order valence-electron chi connectivity index (χ4n) is 2.46. The molecule has 3 rings (SSSR count). The summed E-state index contributed by atoms with van der Waals surface area (Å²) in [4.78, 5) is 16.7. The van der Waals surface area contributed by atoms with Gasteiger partial charge in [-0.15, -0.1) is 24.5 Å². The van der Waals surface area contributed by atoms with Crippen molar-refractivity contribution >= 4 is 17.2 Å². The molecule has 1 heterocycles. The Hall–Kier alpha value is -3.07. The van der Waals surface area contributed by atoms with Crippen molar-refractivity contribution in [2.45, 2.75) is 12.9 Å². The lowest BCUT2D eigenvalue weighted by Gasteiger charge is -2.13. The van der Waals surface area contributed by atoms with E-state index in [2.05, 4.69) is 15.0 Å². The van der Waals surface area contributed by atoms with Crippen molar-refractivity contribution in [3.8, 4) is 22.1 Å². The van der Waals surface area contributed by atoms with Crippen LogP contribution in [0, 0.1) is 0 Å². The van der Waals surface area contributed by atoms with Crippen molar-refractivity contribution in [2.24, 2.45) is 0 Å². The van der Waals surface area contributed by atoms with Gasteiger partial charge < -0.3 is 14.8 Å². The molecule has 0 spiro atoms. The molecule has 1 N–H and O–H groups in total. The molecule has 1 amide bonds. The summed E-state index contributed by atoms with van der Waals surface area (Å²) in [5.74, 6) is -0.232. The van der Waals surface area contributed by atoms with Crippen LogP contribution < -0.4 is 14.8 Å². The number of hydrogen-bond acceptors (Lipinski definition) is 5. The van der Waals surface area contributed by atoms with E-state index in [-0.39, 0.29) is 23.6 Å². The van der Waals surface area contributed by atoms with E-state index in [4.69, 9.17) is 4.74 Å². The summed E-state index contributed by atoms with van der Waals surface area (Å²) < 4.78 is 46.7. The molecule has 0 saturated heterocycles. The number of amides is 1. The molecule has 0 aliphatic heterocycles. The average molecular weight is 408 g/mol. The highest BCUT2D eigenvalue weighted by Crippen LogP contribution is 2.32. The van der Waals surface area contributed by atoms with Crippen LogP contribution in [-0.4, -0.2) is 24.4 Å². The highest BCUT2D eigenvalue weighted by molar-refractivity contribution is 7.13. The molecule has 1 aromatic heterocycles. The molecule has 0 fully saturated rings. The summed E-state index contributed by atoms with van der Waals surface area (Å²) in [5, 5.41) is 4.74. The third-order valence-electron chi connectivity index (χ3n) is 3.71. The number of halogens is 3. The summed E-state index contributed by atoms with van der Waals surface area (Å²) in [6.45, 7) is -0.132. The number of alkyl halides is 3. The number of ether oxygens (including phenoxy) is 2. The largest absolute Gasteiger partial charge is 0.573 e. The number of benzene rings is 2. The van der Waals surface area contributed by atoms with E-state index in [1.807, 2.05) is 18.2 Å². The summed E-state index contributed by atoms with van der Waals surface area (Å²) >= 11 is 1.27. The quantitative estimate of drug-likeness (QED) is 0.645. The van der Waals surface area contributed by atoms with Crippen LogP contribution in [0.1, 0.15) is 16.1 Å². The second-order valence-electron chi connectivity index (χ2n) is 5.58. The van der Waals surface area contributed by atoms with Gasteiger partial charge in [0.15, 0.2) is 0 Å². The Labute approximate surface area is 162 Å². The van der Waals surface area contributed by atoms with Gasteiger partial charge in [0.05, 0.1) is 12.7 Å². The maximum atomic E-state index is 12.5. The van der Waals surface area contributed by atoms with Crippen molar-refractivity contribution < 1.29 is 27.4 Å². The van der Waals surface area contributed by atoms with Crippen molar-refractivity contribution in [1.29, 1.82) is 0 Å². The topological polar surface area (TPSA) is 60.5 Å². The first kappa shape index (κ1) is 19.7. The van der Waals surface area contributed by atoms with Crippen LogP contribution >= 0.6 is 11.3 Å². The molecule has 0 atom stereocenters. The van der Waals surface area contributed by atoms with Gasteiger partial charge >= 0.3 is 6.36 Å². The van der Waals surface area contributed by atoms with Crippen molar-refractivity contribution in [3.63, 3.8) is 0 Å². The van der Waals surface area contributed by atoms with Crippen LogP contribution in [0.5, 0.6) is 11.5 Å². The lowest BCUT2D eigenvalue weighted by Crippen LogP contribution is -2.24. The van der Waals surface area contributed by atoms with Gasteiger partial charge in [0, 0.05) is 17.5 Å². The van der Waals surface area contributed by atoms with Gasteiger partial charge in [0.1, 0.15) is 22.2 Å². The zero-order valence-electron chi connectivity index (χ0n) is 14.6. The smallest absolute Gasteiger partial charge is 0.496 e. The van der Waals surface area contributed by atoms with E-state index in [9.17, 15) is 18.0 Å². The molecule has 3 aromatic rings. The van der Waals surface area contributed by atoms with Crippen LogP contribution in [-0.2, 0) is 6.54 Å². The Kier molecular flexibility index (Phi) is 5.84. The van der Waals surface area contributed by atoms with E-state index in [0.717, 1.165) is 5.56 Å². The van der Waals surface area contributed by atoms with Crippen molar-refractivity contribution in [2.75, 3.05) is 7.11 Å². The van der Waals surface area contributed by atoms with Crippen molar-refractivity contribution in [1.82, 2.24) is 10.3 Å². The van der Waals surface area contributed by atoms with Gasteiger partial charge in [-0.1, -0.05) is 30.3 Å². The van der Waals surface area contributed by atoms with Gasteiger partial charge in [-0.05, 0) is 18.2 Å². The number of methoxy groups -OCH3 is 1. The van der Waals surface area contributed by atoms with E-state index >= 15 is 0 Å². The molecule has 146 valence electrons. The molecule has 0 radical (unpaired) electrons. The minimum absolute atomic E-state index is 0.132. The van der Waals surface area contributed by atoms with Gasteiger partial charge in [0.25, 0.3) is 5.91 Å². The molecule has 0 aliphatic carbocycles. The Morgan fingerprint density at radius 3 is 2.50 bits per heavy atom. The lowest BCUT2D eigenvalue weighted by atomic mass is 10.2. The van der Waals surface area contributed by atoms with E-state index in [1.54, 1.807) is 24.6 Å². The molecule has 28 heavy (non-hydrogen) atoms. The number of nitrogens with one attached hydrogen (secondary N) is 1. The minimum atomic E-state index is -4.81. The Morgan fingerprint density at radius 1 is 1.11 bits per heavy atom. The van der Waals surface area contributed by atoms with Gasteiger partial charge in [-0.25, -0.2) is 4.98 Å². The predicted octanol–water partition coefficient (Wildman–Crippen LogP) is 4.65. The maximum absolute atomic E-state index is 12.5. The number of nitrogens with zero attached hydrogens (tertiary/aromatic N) is 1. The van der Waals surface area contributed by atoms with Crippen LogP contribution in [0.25, 0.3) is 10.6 Å². The first-order valence-electron chi connectivity index (χ1n) is 8.08. The van der Waals surface area contributed by atoms with Gasteiger partial charge in [-0.3, -0.25) is 4.79 Å². The van der Waals surface area contributed by atoms with Crippen LogP contribution in [0.2, 0.25) is 0 Å². The number of carbonyl (C=O) groups is 1. The third kappa shape index (κ3) is 4.80. The molecule has 0 unspecified atom stereocenters. The van der Waals surface area contributed by atoms with E-state index in [0.29, 0.717) is 10.8 Å². The number of hydrogen-bond donors (Lipinski definition) is 1. The lowest BCUT2D eigenvalue weighted by molar-refractivity contribution is -0.274. The number of para-hydroxylation sites is 2. The highest BCUT2D eigenvalue weighted by atomic mass is 32.1. The van der Waals surface area contributed by atoms with Crippen molar-refractivity contribution in [3.05, 3.63) is 65.2 Å². The SMILES string of the molecule is COc1ccccc1-c1nc(C(=O)NCc2ccccc2OC(F)(F)F)cs1. The first-order chi connectivity index (χ1) is 13.4. The average Bonchev–Trinajstić information content (AvgIpc) is 3.16. The highest BCUT2D eigenvalue weighted by Gasteiger charge is 2.32. The second-order valence-corrected chi connectivity index (χ2v) is 6.43. The molecule has 9 heteroatoms. The molecular formula is C19H15F3N2O3S. The standard InChI is InChI=1S/C19H15F3N2O3S/c1-26-16-9-5-3-7-13(16)18-24-14(11-28-18)17(25)23-10-12-6-2-4-8-15(12)27-19(20,21)22/h2-9,11H,10H2,1H3,(H,23,25). The number of rotatable bonds is 6. The Morgan fingerprint density at radius 2 is 1.79 bits per heavy atom. The fraction of sp³-hybridized carbons (Fsp3) is 0.158. The normalized spacial score (nSPS) is 11.1. The monoisotopic (exact) mass is 408 g/mol. The maximum Gasteiger partial charge on any atom is 0.573 e. The third-order valence-corrected chi connectivity index (χ3v) is 4.59. The fourth-order valence-corrected chi connectivity index (χ4v) is 3.29. The zero-order valence-corrected chi connectivity index (χ0v) is 15.4. The van der Waals surface area contributed by atoms with Gasteiger partial charge in [-0.2, -0.15) is 0 Å².